The highest BCUT2D eigenvalue weighted by Crippen LogP contribution is 2.19. The van der Waals surface area contributed by atoms with Crippen LogP contribution in [0.3, 0.4) is 0 Å². The van der Waals surface area contributed by atoms with Crippen LogP contribution in [-0.4, -0.2) is 29.6 Å². The number of carboxylic acid groups (broad SMARTS) is 1. The quantitative estimate of drug-likeness (QED) is 0.671. The molecule has 1 amide bonds. The third kappa shape index (κ3) is 5.01. The van der Waals surface area contributed by atoms with Gasteiger partial charge in [0, 0.05) is 12.5 Å². The lowest BCUT2D eigenvalue weighted by Crippen LogP contribution is -2.37. The molecule has 5 heteroatoms. The van der Waals surface area contributed by atoms with E-state index in [1.807, 2.05) is 30.3 Å². The first-order valence-electron chi connectivity index (χ1n) is 6.94. The zero-order chi connectivity index (χ0) is 14.4. The van der Waals surface area contributed by atoms with Crippen LogP contribution in [0.2, 0.25) is 0 Å². The number of rotatable bonds is 8. The first kappa shape index (κ1) is 14.5. The Balaban J connectivity index is 1.90. The van der Waals surface area contributed by atoms with E-state index in [4.69, 9.17) is 5.11 Å². The number of nitrogens with one attached hydrogen (secondary N) is 2. The standard InChI is InChI=1S/C15H20N2O3/c18-14(10-16-12-6-7-12)17-13(8-9-15(19)20)11-4-2-1-3-5-11/h1-5,12-13,16H,6-10H2,(H,17,18)(H,19,20). The molecule has 1 aromatic rings. The number of carbonyl (C=O) groups excluding carboxylic acids is 1. The van der Waals surface area contributed by atoms with Gasteiger partial charge in [0.25, 0.3) is 0 Å². The number of carbonyl (C=O) groups is 2. The van der Waals surface area contributed by atoms with E-state index in [0.717, 1.165) is 18.4 Å². The first-order valence-corrected chi connectivity index (χ1v) is 6.94. The van der Waals surface area contributed by atoms with Crippen molar-refractivity contribution in [3.63, 3.8) is 0 Å². The molecule has 1 aliphatic rings. The third-order valence-electron chi connectivity index (χ3n) is 3.31. The Hall–Kier alpha value is -1.88. The second-order valence-corrected chi connectivity index (χ2v) is 5.12. The SMILES string of the molecule is O=C(O)CCC(NC(=O)CNC1CC1)c1ccccc1. The van der Waals surface area contributed by atoms with E-state index in [9.17, 15) is 9.59 Å². The fourth-order valence-electron chi connectivity index (χ4n) is 2.05. The van der Waals surface area contributed by atoms with E-state index in [2.05, 4.69) is 10.6 Å². The van der Waals surface area contributed by atoms with Crippen molar-refractivity contribution in [3.8, 4) is 0 Å². The van der Waals surface area contributed by atoms with E-state index in [-0.39, 0.29) is 18.4 Å². The number of hydrogen-bond donors (Lipinski definition) is 3. The van der Waals surface area contributed by atoms with Crippen molar-refractivity contribution in [2.75, 3.05) is 6.54 Å². The van der Waals surface area contributed by atoms with Gasteiger partial charge in [0.2, 0.25) is 5.91 Å². The smallest absolute Gasteiger partial charge is 0.303 e. The molecular weight excluding hydrogens is 256 g/mol. The zero-order valence-corrected chi connectivity index (χ0v) is 11.3. The molecule has 20 heavy (non-hydrogen) atoms. The Kier molecular flexibility index (Phi) is 5.12. The van der Waals surface area contributed by atoms with Gasteiger partial charge in [0.1, 0.15) is 0 Å². The second-order valence-electron chi connectivity index (χ2n) is 5.12. The normalized spacial score (nSPS) is 15.6. The van der Waals surface area contributed by atoms with Crippen LogP contribution in [0.15, 0.2) is 30.3 Å². The fourth-order valence-corrected chi connectivity index (χ4v) is 2.05. The van der Waals surface area contributed by atoms with Gasteiger partial charge >= 0.3 is 5.97 Å². The largest absolute Gasteiger partial charge is 0.481 e. The molecule has 0 heterocycles. The minimum absolute atomic E-state index is 0.0376. The van der Waals surface area contributed by atoms with E-state index < -0.39 is 5.97 Å². The molecule has 3 N–H and O–H groups in total. The summed E-state index contributed by atoms with van der Waals surface area (Å²) < 4.78 is 0. The van der Waals surface area contributed by atoms with E-state index in [1.165, 1.54) is 0 Å². The molecule has 1 unspecified atom stereocenters. The van der Waals surface area contributed by atoms with Crippen LogP contribution in [0, 0.1) is 0 Å². The summed E-state index contributed by atoms with van der Waals surface area (Å²) in [5.74, 6) is -0.938. The Bertz CT molecular complexity index is 457. The van der Waals surface area contributed by atoms with E-state index >= 15 is 0 Å². The summed E-state index contributed by atoms with van der Waals surface area (Å²) in [6.07, 6.45) is 2.70. The minimum atomic E-state index is -0.851. The van der Waals surface area contributed by atoms with Gasteiger partial charge in [-0.05, 0) is 24.8 Å². The molecule has 0 radical (unpaired) electrons. The van der Waals surface area contributed by atoms with Gasteiger partial charge in [-0.15, -0.1) is 0 Å². The van der Waals surface area contributed by atoms with Crippen molar-refractivity contribution in [1.82, 2.24) is 10.6 Å². The predicted octanol–water partition coefficient (Wildman–Crippen LogP) is 1.46. The molecular formula is C15H20N2O3. The summed E-state index contributed by atoms with van der Waals surface area (Å²) >= 11 is 0. The van der Waals surface area contributed by atoms with Crippen molar-refractivity contribution in [1.29, 1.82) is 0 Å². The van der Waals surface area contributed by atoms with E-state index in [0.29, 0.717) is 19.0 Å². The lowest BCUT2D eigenvalue weighted by Gasteiger charge is -2.18. The highest BCUT2D eigenvalue weighted by Gasteiger charge is 2.22. The molecule has 108 valence electrons. The van der Waals surface area contributed by atoms with Crippen LogP contribution in [0.1, 0.15) is 37.3 Å². The van der Waals surface area contributed by atoms with Crippen molar-refractivity contribution in [2.45, 2.75) is 37.8 Å². The van der Waals surface area contributed by atoms with Gasteiger partial charge in [0.05, 0.1) is 12.6 Å². The van der Waals surface area contributed by atoms with Crippen molar-refractivity contribution >= 4 is 11.9 Å². The maximum atomic E-state index is 11.9. The summed E-state index contributed by atoms with van der Waals surface area (Å²) in [6.45, 7) is 0.293. The Morgan fingerprint density at radius 1 is 1.25 bits per heavy atom. The van der Waals surface area contributed by atoms with Crippen LogP contribution in [0.25, 0.3) is 0 Å². The molecule has 0 spiro atoms. The molecule has 0 aromatic heterocycles. The van der Waals surface area contributed by atoms with Crippen LogP contribution in [0.5, 0.6) is 0 Å². The lowest BCUT2D eigenvalue weighted by atomic mass is 10.0. The number of amides is 1. The highest BCUT2D eigenvalue weighted by atomic mass is 16.4. The molecule has 2 rings (SSSR count). The number of carboxylic acids is 1. The number of aliphatic carboxylic acids is 1. The summed E-state index contributed by atoms with van der Waals surface area (Å²) in [7, 11) is 0. The summed E-state index contributed by atoms with van der Waals surface area (Å²) in [4.78, 5) is 22.6. The van der Waals surface area contributed by atoms with Gasteiger partial charge in [-0.3, -0.25) is 9.59 Å². The maximum Gasteiger partial charge on any atom is 0.303 e. The van der Waals surface area contributed by atoms with Crippen LogP contribution in [0.4, 0.5) is 0 Å². The summed E-state index contributed by atoms with van der Waals surface area (Å²) in [5, 5.41) is 14.9. The molecule has 1 aromatic carbocycles. The summed E-state index contributed by atoms with van der Waals surface area (Å²) in [5.41, 5.74) is 0.938. The number of benzene rings is 1. The molecule has 1 saturated carbocycles. The monoisotopic (exact) mass is 276 g/mol. The molecule has 0 aliphatic heterocycles. The van der Waals surface area contributed by atoms with Crippen LogP contribution >= 0.6 is 0 Å². The Labute approximate surface area is 118 Å². The molecule has 0 saturated heterocycles. The second kappa shape index (κ2) is 7.05. The summed E-state index contributed by atoms with van der Waals surface area (Å²) in [6, 6.07) is 9.71. The molecule has 0 bridgehead atoms. The molecule has 5 nitrogen and oxygen atoms in total. The van der Waals surface area contributed by atoms with Gasteiger partial charge in [-0.1, -0.05) is 30.3 Å². The lowest BCUT2D eigenvalue weighted by molar-refractivity contribution is -0.137. The molecule has 1 atom stereocenters. The third-order valence-corrected chi connectivity index (χ3v) is 3.31. The van der Waals surface area contributed by atoms with Crippen molar-refractivity contribution < 1.29 is 14.7 Å². The predicted molar refractivity (Wildman–Crippen MR) is 75.2 cm³/mol. The Morgan fingerprint density at radius 2 is 1.95 bits per heavy atom. The van der Waals surface area contributed by atoms with Gasteiger partial charge in [-0.2, -0.15) is 0 Å². The fraction of sp³-hybridized carbons (Fsp3) is 0.467. The highest BCUT2D eigenvalue weighted by molar-refractivity contribution is 5.78. The first-order chi connectivity index (χ1) is 9.65. The maximum absolute atomic E-state index is 11.9. The number of hydrogen-bond acceptors (Lipinski definition) is 3. The van der Waals surface area contributed by atoms with Crippen molar-refractivity contribution in [2.24, 2.45) is 0 Å². The molecule has 1 aliphatic carbocycles. The van der Waals surface area contributed by atoms with Crippen LogP contribution < -0.4 is 10.6 Å². The van der Waals surface area contributed by atoms with Crippen molar-refractivity contribution in [3.05, 3.63) is 35.9 Å². The van der Waals surface area contributed by atoms with Gasteiger partial charge in [-0.25, -0.2) is 0 Å². The molecule has 1 fully saturated rings. The van der Waals surface area contributed by atoms with Gasteiger partial charge in [0.15, 0.2) is 0 Å². The zero-order valence-electron chi connectivity index (χ0n) is 11.3. The van der Waals surface area contributed by atoms with E-state index in [1.54, 1.807) is 0 Å². The van der Waals surface area contributed by atoms with Gasteiger partial charge < -0.3 is 15.7 Å². The average Bonchev–Trinajstić information content (AvgIpc) is 3.26. The minimum Gasteiger partial charge on any atom is -0.481 e. The van der Waals surface area contributed by atoms with Crippen LogP contribution in [-0.2, 0) is 9.59 Å². The topological polar surface area (TPSA) is 78.4 Å². The Morgan fingerprint density at radius 3 is 2.55 bits per heavy atom. The average molecular weight is 276 g/mol.